The molecule has 0 fully saturated rings. The van der Waals surface area contributed by atoms with E-state index in [1.54, 1.807) is 18.2 Å². The molecule has 5 heteroatoms. The lowest BCUT2D eigenvalue weighted by Crippen LogP contribution is -2.16. The molecule has 0 heterocycles. The Morgan fingerprint density at radius 3 is 2.32 bits per heavy atom. The first kappa shape index (κ1) is 15.0. The van der Waals surface area contributed by atoms with Crippen LogP contribution in [0.5, 0.6) is 11.5 Å². The van der Waals surface area contributed by atoms with Crippen molar-refractivity contribution in [2.75, 3.05) is 14.2 Å². The molecule has 1 rings (SSSR count). The molecule has 0 aliphatic carbocycles. The van der Waals surface area contributed by atoms with Gasteiger partial charge in [-0.05, 0) is 24.1 Å². The standard InChI is InChI=1S/C14H18O5/c1-4-10(11(15)8-14(16)17)9-5-6-12(18-2)13(7-9)19-3/h5-7,10H,4,8H2,1-3H3,(H,16,17). The van der Waals surface area contributed by atoms with Gasteiger partial charge in [-0.1, -0.05) is 13.0 Å². The summed E-state index contributed by atoms with van der Waals surface area (Å²) >= 11 is 0. The second-order valence-electron chi connectivity index (χ2n) is 4.11. The van der Waals surface area contributed by atoms with Crippen LogP contribution < -0.4 is 9.47 Å². The Labute approximate surface area is 112 Å². The van der Waals surface area contributed by atoms with Gasteiger partial charge in [-0.3, -0.25) is 9.59 Å². The molecule has 0 aliphatic rings. The molecular formula is C14H18O5. The molecule has 1 unspecified atom stereocenters. The fraction of sp³-hybridized carbons (Fsp3) is 0.429. The van der Waals surface area contributed by atoms with E-state index in [9.17, 15) is 9.59 Å². The lowest BCUT2D eigenvalue weighted by molar-refractivity contribution is -0.140. The highest BCUT2D eigenvalue weighted by molar-refractivity contribution is 5.98. The number of ketones is 1. The summed E-state index contributed by atoms with van der Waals surface area (Å²) in [5, 5.41) is 8.69. The zero-order valence-electron chi connectivity index (χ0n) is 11.3. The number of aliphatic carboxylic acids is 1. The zero-order valence-corrected chi connectivity index (χ0v) is 11.3. The number of carbonyl (C=O) groups excluding carboxylic acids is 1. The normalized spacial score (nSPS) is 11.7. The molecule has 19 heavy (non-hydrogen) atoms. The Morgan fingerprint density at radius 1 is 1.21 bits per heavy atom. The van der Waals surface area contributed by atoms with Crippen molar-refractivity contribution < 1.29 is 24.2 Å². The minimum absolute atomic E-state index is 0.304. The number of ether oxygens (including phenoxy) is 2. The Morgan fingerprint density at radius 2 is 1.84 bits per heavy atom. The smallest absolute Gasteiger partial charge is 0.310 e. The second-order valence-corrected chi connectivity index (χ2v) is 4.11. The lowest BCUT2D eigenvalue weighted by Gasteiger charge is -2.15. The molecule has 1 aromatic carbocycles. The molecule has 0 bridgehead atoms. The average molecular weight is 266 g/mol. The van der Waals surface area contributed by atoms with Gasteiger partial charge in [0.15, 0.2) is 17.3 Å². The topological polar surface area (TPSA) is 72.8 Å². The third-order valence-electron chi connectivity index (χ3n) is 2.93. The van der Waals surface area contributed by atoms with E-state index in [2.05, 4.69) is 0 Å². The molecule has 1 aromatic rings. The first-order chi connectivity index (χ1) is 9.03. The van der Waals surface area contributed by atoms with E-state index in [1.165, 1.54) is 14.2 Å². The van der Waals surface area contributed by atoms with E-state index < -0.39 is 18.3 Å². The highest BCUT2D eigenvalue weighted by Crippen LogP contribution is 2.32. The molecule has 0 aromatic heterocycles. The van der Waals surface area contributed by atoms with Gasteiger partial charge in [0.25, 0.3) is 0 Å². The van der Waals surface area contributed by atoms with E-state index in [0.717, 1.165) is 5.56 Å². The average Bonchev–Trinajstić information content (AvgIpc) is 2.38. The number of carboxylic acid groups (broad SMARTS) is 1. The summed E-state index contributed by atoms with van der Waals surface area (Å²) in [6.45, 7) is 1.85. The van der Waals surface area contributed by atoms with Crippen molar-refractivity contribution in [2.24, 2.45) is 0 Å². The van der Waals surface area contributed by atoms with Crippen molar-refractivity contribution in [1.82, 2.24) is 0 Å². The predicted molar refractivity (Wildman–Crippen MR) is 69.8 cm³/mol. The molecule has 1 N–H and O–H groups in total. The van der Waals surface area contributed by atoms with Gasteiger partial charge in [0.2, 0.25) is 0 Å². The van der Waals surface area contributed by atoms with E-state index >= 15 is 0 Å². The SMILES string of the molecule is CCC(C(=O)CC(=O)O)c1ccc(OC)c(OC)c1. The van der Waals surface area contributed by atoms with Crippen LogP contribution in [0.15, 0.2) is 18.2 Å². The number of rotatable bonds is 7. The van der Waals surface area contributed by atoms with Gasteiger partial charge in [0, 0.05) is 5.92 Å². The summed E-state index contributed by atoms with van der Waals surface area (Å²) in [7, 11) is 3.05. The third kappa shape index (κ3) is 3.71. The monoisotopic (exact) mass is 266 g/mol. The maximum absolute atomic E-state index is 11.9. The van der Waals surface area contributed by atoms with E-state index in [1.807, 2.05) is 6.92 Å². The van der Waals surface area contributed by atoms with Crippen LogP contribution in [0, 0.1) is 0 Å². The first-order valence-electron chi connectivity index (χ1n) is 5.99. The van der Waals surface area contributed by atoms with Crippen LogP contribution in [0.25, 0.3) is 0 Å². The highest BCUT2D eigenvalue weighted by Gasteiger charge is 2.22. The largest absolute Gasteiger partial charge is 0.493 e. The van der Waals surface area contributed by atoms with Crippen molar-refractivity contribution in [3.63, 3.8) is 0 Å². The van der Waals surface area contributed by atoms with Crippen LogP contribution >= 0.6 is 0 Å². The van der Waals surface area contributed by atoms with Gasteiger partial charge < -0.3 is 14.6 Å². The molecule has 0 saturated carbocycles. The minimum atomic E-state index is -1.11. The fourth-order valence-electron chi connectivity index (χ4n) is 1.99. The number of carbonyl (C=O) groups is 2. The van der Waals surface area contributed by atoms with Gasteiger partial charge in [-0.25, -0.2) is 0 Å². The Kier molecular flexibility index (Phi) is 5.36. The summed E-state index contributed by atoms with van der Waals surface area (Å²) in [4.78, 5) is 22.5. The van der Waals surface area contributed by atoms with E-state index in [0.29, 0.717) is 17.9 Å². The first-order valence-corrected chi connectivity index (χ1v) is 5.99. The van der Waals surface area contributed by atoms with Crippen LogP contribution in [0.3, 0.4) is 0 Å². The number of hydrogen-bond acceptors (Lipinski definition) is 4. The molecule has 5 nitrogen and oxygen atoms in total. The maximum Gasteiger partial charge on any atom is 0.310 e. The molecule has 0 aliphatic heterocycles. The van der Waals surface area contributed by atoms with Gasteiger partial charge in [-0.2, -0.15) is 0 Å². The van der Waals surface area contributed by atoms with Crippen molar-refractivity contribution >= 4 is 11.8 Å². The number of hydrogen-bond donors (Lipinski definition) is 1. The maximum atomic E-state index is 11.9. The van der Waals surface area contributed by atoms with Crippen molar-refractivity contribution in [3.8, 4) is 11.5 Å². The van der Waals surface area contributed by atoms with E-state index in [4.69, 9.17) is 14.6 Å². The van der Waals surface area contributed by atoms with Crippen LogP contribution in [-0.4, -0.2) is 31.1 Å². The summed E-state index contributed by atoms with van der Waals surface area (Å²) in [6.07, 6.45) is 0.0778. The van der Waals surface area contributed by atoms with Crippen LogP contribution in [0.1, 0.15) is 31.2 Å². The van der Waals surface area contributed by atoms with Gasteiger partial charge in [0.1, 0.15) is 6.42 Å². The predicted octanol–water partition coefficient (Wildman–Crippen LogP) is 2.24. The van der Waals surface area contributed by atoms with Crippen LogP contribution in [-0.2, 0) is 9.59 Å². The summed E-state index contributed by atoms with van der Waals surface area (Å²) < 4.78 is 10.3. The summed E-state index contributed by atoms with van der Waals surface area (Å²) in [5.41, 5.74) is 0.742. The number of benzene rings is 1. The van der Waals surface area contributed by atoms with Crippen LogP contribution in [0.4, 0.5) is 0 Å². The van der Waals surface area contributed by atoms with Crippen LogP contribution in [0.2, 0.25) is 0 Å². The summed E-state index contributed by atoms with van der Waals surface area (Å²) in [5.74, 6) is -0.740. The summed E-state index contributed by atoms with van der Waals surface area (Å²) in [6, 6.07) is 5.19. The van der Waals surface area contributed by atoms with Crippen molar-refractivity contribution in [3.05, 3.63) is 23.8 Å². The fourth-order valence-corrected chi connectivity index (χ4v) is 1.99. The van der Waals surface area contributed by atoms with Gasteiger partial charge in [0.05, 0.1) is 14.2 Å². The molecular weight excluding hydrogens is 248 g/mol. The second kappa shape index (κ2) is 6.78. The van der Waals surface area contributed by atoms with Crippen molar-refractivity contribution in [1.29, 1.82) is 0 Å². The molecule has 0 spiro atoms. The molecule has 0 amide bonds. The Hall–Kier alpha value is -2.04. The van der Waals surface area contributed by atoms with Gasteiger partial charge >= 0.3 is 5.97 Å². The minimum Gasteiger partial charge on any atom is -0.493 e. The number of Topliss-reactive ketones (excluding diaryl/α,β-unsaturated/α-hetero) is 1. The lowest BCUT2D eigenvalue weighted by atomic mass is 9.90. The molecule has 1 atom stereocenters. The van der Waals surface area contributed by atoms with Crippen molar-refractivity contribution in [2.45, 2.75) is 25.7 Å². The van der Waals surface area contributed by atoms with Gasteiger partial charge in [-0.15, -0.1) is 0 Å². The van der Waals surface area contributed by atoms with E-state index in [-0.39, 0.29) is 5.78 Å². The molecule has 0 saturated heterocycles. The Balaban J connectivity index is 3.05. The quantitative estimate of drug-likeness (QED) is 0.766. The highest BCUT2D eigenvalue weighted by atomic mass is 16.5. The third-order valence-corrected chi connectivity index (χ3v) is 2.93. The number of methoxy groups -OCH3 is 2. The zero-order chi connectivity index (χ0) is 14.4. The number of carboxylic acids is 1. The Bertz CT molecular complexity index is 467. The molecule has 104 valence electrons. The molecule has 0 radical (unpaired) electrons.